The van der Waals surface area contributed by atoms with Crippen LogP contribution in [0.15, 0.2) is 0 Å². The van der Waals surface area contributed by atoms with Crippen LogP contribution in [0.5, 0.6) is 0 Å². The first-order chi connectivity index (χ1) is 5.79. The van der Waals surface area contributed by atoms with E-state index in [9.17, 15) is 4.79 Å². The monoisotopic (exact) mass is 170 g/mol. The van der Waals surface area contributed by atoms with Crippen molar-refractivity contribution in [3.8, 4) is 0 Å². The molecule has 1 saturated heterocycles. The van der Waals surface area contributed by atoms with Gasteiger partial charge in [0.15, 0.2) is 0 Å². The van der Waals surface area contributed by atoms with E-state index in [0.29, 0.717) is 5.92 Å². The summed E-state index contributed by atoms with van der Waals surface area (Å²) < 4.78 is 5.47. The van der Waals surface area contributed by atoms with Crippen LogP contribution >= 0.6 is 0 Å². The van der Waals surface area contributed by atoms with Gasteiger partial charge in [-0.3, -0.25) is 4.79 Å². The summed E-state index contributed by atoms with van der Waals surface area (Å²) in [6, 6.07) is 0. The third-order valence-corrected chi connectivity index (χ3v) is 3.10. The van der Waals surface area contributed by atoms with E-state index in [1.54, 1.807) is 0 Å². The molecule has 0 bridgehead atoms. The van der Waals surface area contributed by atoms with Gasteiger partial charge in [0.1, 0.15) is 0 Å². The molecule has 1 aliphatic heterocycles. The summed E-state index contributed by atoms with van der Waals surface area (Å²) in [7, 11) is 0. The molecule has 0 spiro atoms. The molecular formula is C9H14O3. The van der Waals surface area contributed by atoms with Crippen LogP contribution in [-0.2, 0) is 9.53 Å². The molecule has 3 atom stereocenters. The van der Waals surface area contributed by atoms with Crippen molar-refractivity contribution in [2.75, 3.05) is 6.61 Å². The maximum absolute atomic E-state index is 10.8. The Kier molecular flexibility index (Phi) is 2.05. The largest absolute Gasteiger partial charge is 0.481 e. The number of carbonyl (C=O) groups is 1. The second kappa shape index (κ2) is 3.05. The van der Waals surface area contributed by atoms with E-state index in [1.807, 2.05) is 0 Å². The molecule has 2 fully saturated rings. The number of carboxylic acid groups (broad SMARTS) is 1. The number of hydrogen-bond donors (Lipinski definition) is 1. The lowest BCUT2D eigenvalue weighted by Crippen LogP contribution is -2.33. The molecule has 1 heterocycles. The minimum absolute atomic E-state index is 0.133. The Morgan fingerprint density at radius 1 is 1.33 bits per heavy atom. The number of hydrogen-bond acceptors (Lipinski definition) is 2. The molecule has 2 aliphatic rings. The minimum Gasteiger partial charge on any atom is -0.481 e. The Labute approximate surface area is 71.7 Å². The highest BCUT2D eigenvalue weighted by Crippen LogP contribution is 2.38. The number of carboxylic acids is 1. The van der Waals surface area contributed by atoms with Crippen LogP contribution in [-0.4, -0.2) is 23.8 Å². The molecule has 1 N–H and O–H groups in total. The zero-order valence-electron chi connectivity index (χ0n) is 7.03. The molecule has 1 aliphatic carbocycles. The van der Waals surface area contributed by atoms with Gasteiger partial charge in [0.25, 0.3) is 0 Å². The van der Waals surface area contributed by atoms with Gasteiger partial charge in [-0.25, -0.2) is 0 Å². The molecule has 12 heavy (non-hydrogen) atoms. The van der Waals surface area contributed by atoms with Gasteiger partial charge in [-0.2, -0.15) is 0 Å². The van der Waals surface area contributed by atoms with Crippen LogP contribution in [0.4, 0.5) is 0 Å². The van der Waals surface area contributed by atoms with Crippen molar-refractivity contribution in [3.05, 3.63) is 0 Å². The van der Waals surface area contributed by atoms with Crippen LogP contribution < -0.4 is 0 Å². The first kappa shape index (κ1) is 8.05. The first-order valence-electron chi connectivity index (χ1n) is 4.63. The van der Waals surface area contributed by atoms with Gasteiger partial charge in [-0.15, -0.1) is 0 Å². The molecule has 0 amide bonds. The Balaban J connectivity index is 2.08. The van der Waals surface area contributed by atoms with Gasteiger partial charge in [-0.1, -0.05) is 0 Å². The highest BCUT2D eigenvalue weighted by atomic mass is 16.5. The van der Waals surface area contributed by atoms with Gasteiger partial charge in [0.2, 0.25) is 0 Å². The minimum atomic E-state index is -0.629. The van der Waals surface area contributed by atoms with Crippen LogP contribution in [0.25, 0.3) is 0 Å². The maximum Gasteiger partial charge on any atom is 0.306 e. The first-order valence-corrected chi connectivity index (χ1v) is 4.63. The van der Waals surface area contributed by atoms with E-state index in [1.165, 1.54) is 0 Å². The molecule has 3 nitrogen and oxygen atoms in total. The van der Waals surface area contributed by atoms with E-state index < -0.39 is 5.97 Å². The summed E-state index contributed by atoms with van der Waals surface area (Å²) in [6.07, 6.45) is 4.12. The Bertz CT molecular complexity index is 190. The molecule has 0 unspecified atom stereocenters. The average molecular weight is 170 g/mol. The summed E-state index contributed by atoms with van der Waals surface area (Å²) in [5.41, 5.74) is 0. The SMILES string of the molecule is O=C(O)[C@@H]1CCC[C@H]2OCC[C@H]21. The van der Waals surface area contributed by atoms with E-state index >= 15 is 0 Å². The van der Waals surface area contributed by atoms with Crippen molar-refractivity contribution in [3.63, 3.8) is 0 Å². The molecule has 1 saturated carbocycles. The fourth-order valence-corrected chi connectivity index (χ4v) is 2.48. The Morgan fingerprint density at radius 3 is 2.92 bits per heavy atom. The summed E-state index contributed by atoms with van der Waals surface area (Å²) in [6.45, 7) is 0.763. The highest BCUT2D eigenvalue weighted by molar-refractivity contribution is 5.70. The van der Waals surface area contributed by atoms with Crippen molar-refractivity contribution in [2.24, 2.45) is 11.8 Å². The van der Waals surface area contributed by atoms with Crippen molar-refractivity contribution >= 4 is 5.97 Å². The third kappa shape index (κ3) is 1.22. The van der Waals surface area contributed by atoms with Gasteiger partial charge >= 0.3 is 5.97 Å². The molecule has 0 aromatic heterocycles. The van der Waals surface area contributed by atoms with Gasteiger partial charge in [0, 0.05) is 12.5 Å². The summed E-state index contributed by atoms with van der Waals surface area (Å²) >= 11 is 0. The lowest BCUT2D eigenvalue weighted by Gasteiger charge is -2.29. The van der Waals surface area contributed by atoms with Crippen molar-refractivity contribution in [1.82, 2.24) is 0 Å². The van der Waals surface area contributed by atoms with Crippen LogP contribution in [0, 0.1) is 11.8 Å². The number of ether oxygens (including phenoxy) is 1. The molecule has 3 heteroatoms. The predicted octanol–water partition coefficient (Wildman–Crippen LogP) is 1.28. The van der Waals surface area contributed by atoms with E-state index in [2.05, 4.69) is 0 Å². The quantitative estimate of drug-likeness (QED) is 0.644. The number of fused-ring (bicyclic) bond motifs is 1. The van der Waals surface area contributed by atoms with Gasteiger partial charge in [-0.05, 0) is 25.7 Å². The lowest BCUT2D eigenvalue weighted by molar-refractivity contribution is -0.146. The fraction of sp³-hybridized carbons (Fsp3) is 0.889. The van der Waals surface area contributed by atoms with Gasteiger partial charge in [0.05, 0.1) is 12.0 Å². The average Bonchev–Trinajstić information content (AvgIpc) is 2.49. The second-order valence-electron chi connectivity index (χ2n) is 3.74. The third-order valence-electron chi connectivity index (χ3n) is 3.10. The molecule has 0 aromatic carbocycles. The molecule has 2 rings (SSSR count). The second-order valence-corrected chi connectivity index (χ2v) is 3.74. The zero-order valence-corrected chi connectivity index (χ0v) is 7.03. The molecule has 68 valence electrons. The maximum atomic E-state index is 10.8. The van der Waals surface area contributed by atoms with Crippen molar-refractivity contribution in [2.45, 2.75) is 31.8 Å². The summed E-state index contributed by atoms with van der Waals surface area (Å²) in [5.74, 6) is -0.460. The smallest absolute Gasteiger partial charge is 0.306 e. The normalized spacial score (nSPS) is 40.8. The predicted molar refractivity (Wildman–Crippen MR) is 42.8 cm³/mol. The Hall–Kier alpha value is -0.570. The van der Waals surface area contributed by atoms with Crippen LogP contribution in [0.3, 0.4) is 0 Å². The van der Waals surface area contributed by atoms with Crippen LogP contribution in [0.2, 0.25) is 0 Å². The highest BCUT2D eigenvalue weighted by Gasteiger charge is 2.40. The molecule has 0 radical (unpaired) electrons. The lowest BCUT2D eigenvalue weighted by atomic mass is 9.77. The zero-order chi connectivity index (χ0) is 8.55. The van der Waals surface area contributed by atoms with Gasteiger partial charge < -0.3 is 9.84 Å². The van der Waals surface area contributed by atoms with E-state index in [4.69, 9.17) is 9.84 Å². The number of aliphatic carboxylic acids is 1. The van der Waals surface area contributed by atoms with Crippen molar-refractivity contribution < 1.29 is 14.6 Å². The topological polar surface area (TPSA) is 46.5 Å². The molecular weight excluding hydrogens is 156 g/mol. The molecule has 0 aromatic rings. The van der Waals surface area contributed by atoms with Crippen molar-refractivity contribution in [1.29, 1.82) is 0 Å². The Morgan fingerprint density at radius 2 is 2.17 bits per heavy atom. The number of rotatable bonds is 1. The summed E-state index contributed by atoms with van der Waals surface area (Å²) in [4.78, 5) is 10.8. The summed E-state index contributed by atoms with van der Waals surface area (Å²) in [5, 5.41) is 8.93. The van der Waals surface area contributed by atoms with E-state index in [-0.39, 0.29) is 12.0 Å². The van der Waals surface area contributed by atoms with E-state index in [0.717, 1.165) is 32.3 Å². The van der Waals surface area contributed by atoms with Crippen LogP contribution in [0.1, 0.15) is 25.7 Å². The fourth-order valence-electron chi connectivity index (χ4n) is 2.48. The standard InChI is InChI=1S/C9H14O3/c10-9(11)7-2-1-3-8-6(7)4-5-12-8/h6-8H,1-5H2,(H,10,11)/t6-,7+,8+/m0/s1.